The maximum Gasteiger partial charge on any atom is 0.309 e. The minimum Gasteiger partial charge on any atom is -0.469 e. The highest BCUT2D eigenvalue weighted by Crippen LogP contribution is 2.31. The average molecular weight is 403 g/mol. The summed E-state index contributed by atoms with van der Waals surface area (Å²) in [5.74, 6) is -2.86. The zero-order valence-electron chi connectivity index (χ0n) is 15.9. The van der Waals surface area contributed by atoms with Crippen LogP contribution in [0.1, 0.15) is 46.4 Å². The van der Waals surface area contributed by atoms with Crippen LogP contribution in [0.4, 0.5) is 5.69 Å². The first-order valence-electron chi connectivity index (χ1n) is 9.33. The molecule has 1 fully saturated rings. The molecule has 3 amide bonds. The molecule has 1 N–H and O–H groups in total. The lowest BCUT2D eigenvalue weighted by molar-refractivity contribution is -0.385. The summed E-state index contributed by atoms with van der Waals surface area (Å²) in [4.78, 5) is 60.3. The molecule has 2 atom stereocenters. The van der Waals surface area contributed by atoms with Gasteiger partial charge in [-0.25, -0.2) is 0 Å². The Morgan fingerprint density at radius 3 is 2.66 bits per heavy atom. The number of nitrogens with zero attached hydrogens (tertiary/aromatic N) is 2. The van der Waals surface area contributed by atoms with E-state index >= 15 is 0 Å². The Morgan fingerprint density at radius 1 is 1.24 bits per heavy atom. The Balaban J connectivity index is 1.65. The van der Waals surface area contributed by atoms with Gasteiger partial charge < -0.3 is 10.1 Å². The van der Waals surface area contributed by atoms with Crippen molar-refractivity contribution in [2.75, 3.05) is 20.2 Å². The van der Waals surface area contributed by atoms with Crippen molar-refractivity contribution < 1.29 is 28.8 Å². The first-order valence-corrected chi connectivity index (χ1v) is 9.33. The van der Waals surface area contributed by atoms with Gasteiger partial charge in [0.05, 0.1) is 23.5 Å². The average Bonchev–Trinajstić information content (AvgIpc) is 2.96. The molecule has 0 bridgehead atoms. The molecule has 0 aromatic heterocycles. The highest BCUT2D eigenvalue weighted by molar-refractivity contribution is 6.24. The van der Waals surface area contributed by atoms with Crippen LogP contribution in [0.5, 0.6) is 0 Å². The molecule has 1 aliphatic heterocycles. The van der Waals surface area contributed by atoms with Gasteiger partial charge in [0.1, 0.15) is 12.1 Å². The van der Waals surface area contributed by atoms with Gasteiger partial charge in [-0.15, -0.1) is 0 Å². The monoisotopic (exact) mass is 403 g/mol. The van der Waals surface area contributed by atoms with Gasteiger partial charge in [0, 0.05) is 12.6 Å². The molecule has 2 unspecified atom stereocenters. The third-order valence-electron chi connectivity index (χ3n) is 5.45. The fourth-order valence-corrected chi connectivity index (χ4v) is 3.97. The second kappa shape index (κ2) is 8.38. The summed E-state index contributed by atoms with van der Waals surface area (Å²) in [5, 5.41) is 13.8. The number of benzene rings is 1. The van der Waals surface area contributed by atoms with Gasteiger partial charge in [-0.1, -0.05) is 18.9 Å². The van der Waals surface area contributed by atoms with Gasteiger partial charge in [-0.3, -0.25) is 34.2 Å². The van der Waals surface area contributed by atoms with E-state index in [0.29, 0.717) is 11.3 Å². The minimum atomic E-state index is -0.863. The lowest BCUT2D eigenvalue weighted by atomic mass is 9.79. The van der Waals surface area contributed by atoms with Crippen LogP contribution in [0.3, 0.4) is 0 Å². The van der Waals surface area contributed by atoms with E-state index in [-0.39, 0.29) is 35.5 Å². The van der Waals surface area contributed by atoms with Crippen LogP contribution < -0.4 is 5.32 Å². The molecule has 0 spiro atoms. The van der Waals surface area contributed by atoms with Gasteiger partial charge in [0.2, 0.25) is 5.91 Å². The summed E-state index contributed by atoms with van der Waals surface area (Å²) < 4.78 is 4.82. The number of fused-ring (bicyclic) bond motifs is 1. The van der Waals surface area contributed by atoms with E-state index in [4.69, 9.17) is 4.74 Å². The summed E-state index contributed by atoms with van der Waals surface area (Å²) in [6.07, 6.45) is 3.31. The zero-order valence-corrected chi connectivity index (χ0v) is 15.9. The summed E-state index contributed by atoms with van der Waals surface area (Å²) in [6, 6.07) is 3.79. The van der Waals surface area contributed by atoms with Crippen LogP contribution in [-0.2, 0) is 14.3 Å². The molecular formula is C19H21N3O7. The van der Waals surface area contributed by atoms with Crippen molar-refractivity contribution in [1.29, 1.82) is 0 Å². The number of hydrogen-bond acceptors (Lipinski definition) is 7. The molecular weight excluding hydrogens is 382 g/mol. The lowest BCUT2D eigenvalue weighted by Gasteiger charge is -2.29. The van der Waals surface area contributed by atoms with Crippen LogP contribution in [0.2, 0.25) is 0 Å². The van der Waals surface area contributed by atoms with Gasteiger partial charge in [0.15, 0.2) is 0 Å². The van der Waals surface area contributed by atoms with Gasteiger partial charge in [-0.05, 0) is 24.8 Å². The highest BCUT2D eigenvalue weighted by Gasteiger charge is 2.41. The van der Waals surface area contributed by atoms with E-state index in [0.717, 1.165) is 25.3 Å². The van der Waals surface area contributed by atoms with Crippen molar-refractivity contribution in [2.24, 2.45) is 11.8 Å². The van der Waals surface area contributed by atoms with Crippen LogP contribution in [0, 0.1) is 22.0 Å². The number of nitrogens with one attached hydrogen (secondary N) is 1. The van der Waals surface area contributed by atoms with Crippen molar-refractivity contribution in [2.45, 2.75) is 25.7 Å². The molecule has 1 aromatic carbocycles. The summed E-state index contributed by atoms with van der Waals surface area (Å²) in [5.41, 5.74) is -0.852. The largest absolute Gasteiger partial charge is 0.469 e. The molecule has 10 nitrogen and oxygen atoms in total. The Morgan fingerprint density at radius 2 is 1.97 bits per heavy atom. The van der Waals surface area contributed by atoms with Crippen LogP contribution in [0.15, 0.2) is 18.2 Å². The Labute approximate surface area is 166 Å². The number of carbonyl (C=O) groups excluding carboxylic acids is 4. The van der Waals surface area contributed by atoms with Crippen LogP contribution >= 0.6 is 0 Å². The summed E-state index contributed by atoms with van der Waals surface area (Å²) >= 11 is 0. The second-order valence-corrected chi connectivity index (χ2v) is 7.13. The van der Waals surface area contributed by atoms with E-state index in [1.165, 1.54) is 19.2 Å². The number of imide groups is 1. The number of rotatable bonds is 6. The SMILES string of the molecule is COC(=O)C1CCCCC1CNC(=O)CN1C(=O)c2cccc([N+](=O)[O-])c2C1=O. The van der Waals surface area contributed by atoms with Crippen molar-refractivity contribution in [1.82, 2.24) is 10.2 Å². The Bertz CT molecular complexity index is 883. The molecule has 3 rings (SSSR count). The van der Waals surface area contributed by atoms with Gasteiger partial charge >= 0.3 is 5.97 Å². The number of nitro benzene ring substituents is 1. The molecule has 1 heterocycles. The maximum atomic E-state index is 12.5. The number of methoxy groups -OCH3 is 1. The topological polar surface area (TPSA) is 136 Å². The molecule has 1 aromatic rings. The summed E-state index contributed by atoms with van der Waals surface area (Å²) in [6.45, 7) is -0.318. The van der Waals surface area contributed by atoms with Crippen molar-refractivity contribution in [3.05, 3.63) is 39.4 Å². The molecule has 0 saturated heterocycles. The number of esters is 1. The van der Waals surface area contributed by atoms with E-state index in [9.17, 15) is 29.3 Å². The highest BCUT2D eigenvalue weighted by atomic mass is 16.6. The van der Waals surface area contributed by atoms with E-state index in [1.807, 2.05) is 0 Å². The van der Waals surface area contributed by atoms with Crippen molar-refractivity contribution in [3.8, 4) is 0 Å². The second-order valence-electron chi connectivity index (χ2n) is 7.13. The quantitative estimate of drug-likeness (QED) is 0.327. The Kier molecular flexibility index (Phi) is 5.90. The van der Waals surface area contributed by atoms with Gasteiger partial charge in [0.25, 0.3) is 17.5 Å². The summed E-state index contributed by atoms with van der Waals surface area (Å²) in [7, 11) is 1.33. The molecule has 29 heavy (non-hydrogen) atoms. The normalized spacial score (nSPS) is 20.9. The third-order valence-corrected chi connectivity index (χ3v) is 5.45. The predicted octanol–water partition coefficient (Wildman–Crippen LogP) is 1.29. The molecule has 1 saturated carbocycles. The number of carbonyl (C=O) groups is 4. The minimum absolute atomic E-state index is 0.0802. The van der Waals surface area contributed by atoms with Gasteiger partial charge in [-0.2, -0.15) is 0 Å². The smallest absolute Gasteiger partial charge is 0.309 e. The molecule has 0 radical (unpaired) electrons. The standard InChI is InChI=1S/C19H21N3O7/c1-29-19(26)12-6-3-2-5-11(12)9-20-15(23)10-21-17(24)13-7-4-8-14(22(27)28)16(13)18(21)25/h4,7-8,11-12H,2-3,5-6,9-10H2,1H3,(H,20,23). The fourth-order valence-electron chi connectivity index (χ4n) is 3.97. The first-order chi connectivity index (χ1) is 13.8. The van der Waals surface area contributed by atoms with Crippen molar-refractivity contribution in [3.63, 3.8) is 0 Å². The lowest BCUT2D eigenvalue weighted by Crippen LogP contribution is -2.43. The molecule has 1 aliphatic carbocycles. The Hall–Kier alpha value is -3.30. The number of ether oxygens (including phenoxy) is 1. The molecule has 154 valence electrons. The van der Waals surface area contributed by atoms with Crippen molar-refractivity contribution >= 4 is 29.4 Å². The predicted molar refractivity (Wildman–Crippen MR) is 98.9 cm³/mol. The maximum absolute atomic E-state index is 12.5. The van der Waals surface area contributed by atoms with E-state index in [2.05, 4.69) is 5.32 Å². The van der Waals surface area contributed by atoms with E-state index < -0.39 is 34.9 Å². The number of hydrogen-bond donors (Lipinski definition) is 1. The molecule has 10 heteroatoms. The fraction of sp³-hybridized carbons (Fsp3) is 0.474. The molecule has 2 aliphatic rings. The van der Waals surface area contributed by atoms with Crippen LogP contribution in [-0.4, -0.2) is 53.7 Å². The van der Waals surface area contributed by atoms with Crippen LogP contribution in [0.25, 0.3) is 0 Å². The first kappa shape index (κ1) is 20.4. The number of nitro groups is 1. The third kappa shape index (κ3) is 3.96. The zero-order chi connectivity index (χ0) is 21.1. The van der Waals surface area contributed by atoms with E-state index in [1.54, 1.807) is 0 Å². The number of amides is 3.